The maximum absolute atomic E-state index is 11.4. The molecule has 0 aromatic heterocycles. The van der Waals surface area contributed by atoms with Crippen molar-refractivity contribution in [1.82, 2.24) is 0 Å². The fourth-order valence-electron chi connectivity index (χ4n) is 1.32. The number of anilines is 1. The minimum Gasteiger partial charge on any atom is -0.444 e. The molecule has 0 bridgehead atoms. The lowest BCUT2D eigenvalue weighted by atomic mass is 10.2. The van der Waals surface area contributed by atoms with Crippen LogP contribution < -0.4 is 11.1 Å². The van der Waals surface area contributed by atoms with Crippen molar-refractivity contribution in [2.45, 2.75) is 19.6 Å². The molecule has 0 aliphatic heterocycles. The zero-order chi connectivity index (χ0) is 12.7. The zero-order valence-electron chi connectivity index (χ0n) is 10.1. The minimum absolute atomic E-state index is 0.275. The third-order valence-electron chi connectivity index (χ3n) is 2.15. The first kappa shape index (κ1) is 13.5. The molecule has 1 unspecified atom stereocenters. The summed E-state index contributed by atoms with van der Waals surface area (Å²) in [6.45, 7) is 2.62. The number of benzene rings is 1. The molecule has 5 nitrogen and oxygen atoms in total. The quantitative estimate of drug-likeness (QED) is 0.819. The Balaban J connectivity index is 2.44. The summed E-state index contributed by atoms with van der Waals surface area (Å²) in [4.78, 5) is 11.4. The molecule has 5 heteroatoms. The minimum atomic E-state index is -0.491. The number of nitrogens with two attached hydrogens (primary N) is 1. The molecular formula is C12H18N2O3. The first-order chi connectivity index (χ1) is 8.15. The van der Waals surface area contributed by atoms with Crippen LogP contribution >= 0.6 is 0 Å². The highest BCUT2D eigenvalue weighted by Crippen LogP contribution is 2.09. The van der Waals surface area contributed by atoms with E-state index in [1.165, 1.54) is 0 Å². The highest BCUT2D eigenvalue weighted by Gasteiger charge is 2.08. The van der Waals surface area contributed by atoms with Crippen molar-refractivity contribution in [2.75, 3.05) is 19.0 Å². The molecule has 1 aromatic carbocycles. The number of methoxy groups -OCH3 is 1. The normalized spacial score (nSPS) is 11.9. The summed E-state index contributed by atoms with van der Waals surface area (Å²) in [7, 11) is 1.56. The van der Waals surface area contributed by atoms with Crippen LogP contribution in [0.3, 0.4) is 0 Å². The van der Waals surface area contributed by atoms with Crippen molar-refractivity contribution in [3.05, 3.63) is 29.8 Å². The standard InChI is InChI=1S/C12H18N2O3/c1-9(8-16-2)17-12(15)14-11-5-3-10(7-13)4-6-11/h3-6,9H,7-8,13H2,1-2H3,(H,14,15). The molecule has 0 fully saturated rings. The van der Waals surface area contributed by atoms with Crippen molar-refractivity contribution in [1.29, 1.82) is 0 Å². The van der Waals surface area contributed by atoms with Gasteiger partial charge in [-0.1, -0.05) is 12.1 Å². The molecule has 0 saturated heterocycles. The van der Waals surface area contributed by atoms with E-state index in [0.29, 0.717) is 18.8 Å². The van der Waals surface area contributed by atoms with Gasteiger partial charge >= 0.3 is 6.09 Å². The fourth-order valence-corrected chi connectivity index (χ4v) is 1.32. The van der Waals surface area contributed by atoms with E-state index in [9.17, 15) is 4.79 Å². The first-order valence-corrected chi connectivity index (χ1v) is 5.41. The van der Waals surface area contributed by atoms with Crippen LogP contribution in [-0.2, 0) is 16.0 Å². The van der Waals surface area contributed by atoms with Crippen molar-refractivity contribution in [3.8, 4) is 0 Å². The lowest BCUT2D eigenvalue weighted by molar-refractivity contribution is 0.0564. The average Bonchev–Trinajstić information content (AvgIpc) is 2.30. The predicted molar refractivity (Wildman–Crippen MR) is 65.8 cm³/mol. The van der Waals surface area contributed by atoms with Crippen molar-refractivity contribution >= 4 is 11.8 Å². The Labute approximate surface area is 101 Å². The number of ether oxygens (including phenoxy) is 2. The van der Waals surface area contributed by atoms with Crippen LogP contribution in [0.5, 0.6) is 0 Å². The second-order valence-electron chi connectivity index (χ2n) is 3.70. The predicted octanol–water partition coefficient (Wildman–Crippen LogP) is 1.73. The van der Waals surface area contributed by atoms with Crippen molar-refractivity contribution in [3.63, 3.8) is 0 Å². The lowest BCUT2D eigenvalue weighted by Crippen LogP contribution is -2.23. The van der Waals surface area contributed by atoms with E-state index in [0.717, 1.165) is 5.56 Å². The fraction of sp³-hybridized carbons (Fsp3) is 0.417. The first-order valence-electron chi connectivity index (χ1n) is 5.41. The van der Waals surface area contributed by atoms with Gasteiger partial charge in [0, 0.05) is 19.3 Å². The van der Waals surface area contributed by atoms with Gasteiger partial charge in [0.1, 0.15) is 6.10 Å². The van der Waals surface area contributed by atoms with Crippen molar-refractivity contribution in [2.24, 2.45) is 5.73 Å². The van der Waals surface area contributed by atoms with Gasteiger partial charge in [0.05, 0.1) is 6.61 Å². The van der Waals surface area contributed by atoms with Crippen molar-refractivity contribution < 1.29 is 14.3 Å². The summed E-state index contributed by atoms with van der Waals surface area (Å²) in [6, 6.07) is 7.28. The van der Waals surface area contributed by atoms with E-state index >= 15 is 0 Å². The number of rotatable bonds is 5. The van der Waals surface area contributed by atoms with Crippen LogP contribution in [-0.4, -0.2) is 25.9 Å². The molecule has 0 aliphatic carbocycles. The summed E-state index contributed by atoms with van der Waals surface area (Å²) >= 11 is 0. The summed E-state index contributed by atoms with van der Waals surface area (Å²) in [5, 5.41) is 2.63. The van der Waals surface area contributed by atoms with Gasteiger partial charge in [0.2, 0.25) is 0 Å². The summed E-state index contributed by atoms with van der Waals surface area (Å²) in [6.07, 6.45) is -0.765. The molecule has 94 valence electrons. The Bertz CT molecular complexity index is 351. The molecule has 0 heterocycles. The molecule has 3 N–H and O–H groups in total. The van der Waals surface area contributed by atoms with E-state index in [2.05, 4.69) is 5.32 Å². The summed E-state index contributed by atoms with van der Waals surface area (Å²) < 4.78 is 9.92. The molecule has 0 aliphatic rings. The van der Waals surface area contributed by atoms with E-state index in [1.807, 2.05) is 12.1 Å². The van der Waals surface area contributed by atoms with Gasteiger partial charge in [-0.3, -0.25) is 5.32 Å². The Morgan fingerprint density at radius 3 is 2.59 bits per heavy atom. The third-order valence-corrected chi connectivity index (χ3v) is 2.15. The van der Waals surface area contributed by atoms with Gasteiger partial charge in [-0.25, -0.2) is 4.79 Å². The number of carbonyl (C=O) groups is 1. The molecule has 1 rings (SSSR count). The van der Waals surface area contributed by atoms with Crippen LogP contribution in [0.2, 0.25) is 0 Å². The van der Waals surface area contributed by atoms with Gasteiger partial charge in [0.15, 0.2) is 0 Å². The topological polar surface area (TPSA) is 73.6 Å². The SMILES string of the molecule is COCC(C)OC(=O)Nc1ccc(CN)cc1. The van der Waals surface area contributed by atoms with Gasteiger partial charge in [-0.15, -0.1) is 0 Å². The summed E-state index contributed by atoms with van der Waals surface area (Å²) in [5.41, 5.74) is 7.16. The monoisotopic (exact) mass is 238 g/mol. The molecule has 1 amide bonds. The van der Waals surface area contributed by atoms with E-state index in [4.69, 9.17) is 15.2 Å². The second-order valence-corrected chi connectivity index (χ2v) is 3.70. The van der Waals surface area contributed by atoms with Crippen LogP contribution in [0.25, 0.3) is 0 Å². The largest absolute Gasteiger partial charge is 0.444 e. The molecule has 0 saturated carbocycles. The molecule has 0 spiro atoms. The average molecular weight is 238 g/mol. The maximum Gasteiger partial charge on any atom is 0.411 e. The van der Waals surface area contributed by atoms with Crippen LogP contribution in [0.1, 0.15) is 12.5 Å². The van der Waals surface area contributed by atoms with E-state index in [1.54, 1.807) is 26.2 Å². The van der Waals surface area contributed by atoms with Gasteiger partial charge in [-0.2, -0.15) is 0 Å². The summed E-state index contributed by atoms with van der Waals surface area (Å²) in [5.74, 6) is 0. The van der Waals surface area contributed by atoms with E-state index in [-0.39, 0.29) is 6.10 Å². The number of hydrogen-bond donors (Lipinski definition) is 2. The van der Waals surface area contributed by atoms with Gasteiger partial charge in [0.25, 0.3) is 0 Å². The molecule has 17 heavy (non-hydrogen) atoms. The number of hydrogen-bond acceptors (Lipinski definition) is 4. The van der Waals surface area contributed by atoms with E-state index < -0.39 is 6.09 Å². The Morgan fingerprint density at radius 1 is 1.41 bits per heavy atom. The van der Waals surface area contributed by atoms with Gasteiger partial charge in [-0.05, 0) is 24.6 Å². The molecular weight excluding hydrogens is 220 g/mol. The molecule has 1 atom stereocenters. The van der Waals surface area contributed by atoms with Crippen LogP contribution in [0, 0.1) is 0 Å². The lowest BCUT2D eigenvalue weighted by Gasteiger charge is -2.12. The molecule has 1 aromatic rings. The second kappa shape index (κ2) is 6.88. The Kier molecular flexibility index (Phi) is 5.45. The van der Waals surface area contributed by atoms with Crippen LogP contribution in [0.15, 0.2) is 24.3 Å². The van der Waals surface area contributed by atoms with Crippen LogP contribution in [0.4, 0.5) is 10.5 Å². The number of amides is 1. The molecule has 0 radical (unpaired) electrons. The van der Waals surface area contributed by atoms with Gasteiger partial charge < -0.3 is 15.2 Å². The zero-order valence-corrected chi connectivity index (χ0v) is 10.1. The highest BCUT2D eigenvalue weighted by atomic mass is 16.6. The Morgan fingerprint density at radius 2 is 2.06 bits per heavy atom. The maximum atomic E-state index is 11.4. The Hall–Kier alpha value is -1.59. The smallest absolute Gasteiger partial charge is 0.411 e. The number of carbonyl (C=O) groups excluding carboxylic acids is 1. The third kappa shape index (κ3) is 4.84. The number of nitrogens with one attached hydrogen (secondary N) is 1. The highest BCUT2D eigenvalue weighted by molar-refractivity contribution is 5.84.